The van der Waals surface area contributed by atoms with E-state index in [1.165, 1.54) is 31.2 Å². The van der Waals surface area contributed by atoms with Crippen molar-refractivity contribution >= 4 is 29.2 Å². The number of benzene rings is 2. The molecule has 0 fully saturated rings. The smallest absolute Gasteiger partial charge is 0.308 e. The Morgan fingerprint density at radius 3 is 2.41 bits per heavy atom. The van der Waals surface area contributed by atoms with Crippen LogP contribution < -0.4 is 10.6 Å². The van der Waals surface area contributed by atoms with Gasteiger partial charge in [0.25, 0.3) is 11.6 Å². The average molecular weight is 399 g/mol. The van der Waals surface area contributed by atoms with Gasteiger partial charge in [0.15, 0.2) is 6.10 Å². The van der Waals surface area contributed by atoms with Gasteiger partial charge in [-0.3, -0.25) is 24.5 Å². The quantitative estimate of drug-likeness (QED) is 0.378. The fourth-order valence-electron chi connectivity index (χ4n) is 2.43. The van der Waals surface area contributed by atoms with E-state index in [-0.39, 0.29) is 36.7 Å². The van der Waals surface area contributed by atoms with Gasteiger partial charge < -0.3 is 15.4 Å². The molecule has 0 radical (unpaired) electrons. The molecule has 0 aliphatic heterocycles. The van der Waals surface area contributed by atoms with Gasteiger partial charge in [0.2, 0.25) is 5.91 Å². The van der Waals surface area contributed by atoms with E-state index < -0.39 is 22.9 Å². The van der Waals surface area contributed by atoms with Gasteiger partial charge in [-0.25, -0.2) is 0 Å². The standard InChI is InChI=1S/C20H21N3O6/c1-14(20(26)22-16-9-5-6-10-17(16)23(27)28)29-19(25)11-12-21-18(24)13-15-7-3-2-4-8-15/h2-10,14H,11-13H2,1H3,(H,21,24)(H,22,26). The van der Waals surface area contributed by atoms with E-state index in [1.54, 1.807) is 0 Å². The molecule has 1 atom stereocenters. The fraction of sp³-hybridized carbons (Fsp3) is 0.250. The van der Waals surface area contributed by atoms with Gasteiger partial charge in [-0.2, -0.15) is 0 Å². The zero-order valence-corrected chi connectivity index (χ0v) is 15.8. The first kappa shape index (κ1) is 21.5. The molecule has 2 amide bonds. The molecule has 152 valence electrons. The van der Waals surface area contributed by atoms with Gasteiger partial charge in [-0.1, -0.05) is 42.5 Å². The number of carbonyl (C=O) groups is 3. The third-order valence-electron chi connectivity index (χ3n) is 3.89. The van der Waals surface area contributed by atoms with Crippen molar-refractivity contribution in [2.24, 2.45) is 0 Å². The van der Waals surface area contributed by atoms with Crippen molar-refractivity contribution in [2.75, 3.05) is 11.9 Å². The molecule has 0 spiro atoms. The van der Waals surface area contributed by atoms with Crippen LogP contribution in [0.3, 0.4) is 0 Å². The van der Waals surface area contributed by atoms with Gasteiger partial charge in [-0.15, -0.1) is 0 Å². The maximum atomic E-state index is 12.1. The predicted molar refractivity (Wildman–Crippen MR) is 105 cm³/mol. The van der Waals surface area contributed by atoms with E-state index in [1.807, 2.05) is 30.3 Å². The average Bonchev–Trinajstić information content (AvgIpc) is 2.68. The number of hydrogen-bond donors (Lipinski definition) is 2. The molecule has 0 aromatic heterocycles. The molecule has 2 rings (SSSR count). The topological polar surface area (TPSA) is 128 Å². The first-order chi connectivity index (χ1) is 13.9. The second-order valence-electron chi connectivity index (χ2n) is 6.16. The Morgan fingerprint density at radius 1 is 1.07 bits per heavy atom. The highest BCUT2D eigenvalue weighted by Crippen LogP contribution is 2.23. The number of ether oxygens (including phenoxy) is 1. The number of esters is 1. The molecule has 9 heteroatoms. The Kier molecular flexibility index (Phi) is 7.84. The Labute approximate surface area is 167 Å². The summed E-state index contributed by atoms with van der Waals surface area (Å²) in [7, 11) is 0. The second kappa shape index (κ2) is 10.5. The first-order valence-electron chi connectivity index (χ1n) is 8.91. The minimum atomic E-state index is -1.15. The van der Waals surface area contributed by atoms with Crippen molar-refractivity contribution in [2.45, 2.75) is 25.9 Å². The van der Waals surface area contributed by atoms with E-state index in [0.717, 1.165) is 5.56 Å². The number of hydrogen-bond acceptors (Lipinski definition) is 6. The number of nitro groups is 1. The lowest BCUT2D eigenvalue weighted by molar-refractivity contribution is -0.383. The monoisotopic (exact) mass is 399 g/mol. The van der Waals surface area contributed by atoms with E-state index in [4.69, 9.17) is 4.74 Å². The normalized spacial score (nSPS) is 11.2. The van der Waals surface area contributed by atoms with Gasteiger partial charge in [0.05, 0.1) is 17.8 Å². The lowest BCUT2D eigenvalue weighted by Crippen LogP contribution is -2.32. The molecule has 2 aromatic carbocycles. The minimum absolute atomic E-state index is 0.0126. The summed E-state index contributed by atoms with van der Waals surface area (Å²) in [5.74, 6) is -1.60. The number of amides is 2. The van der Waals surface area contributed by atoms with Gasteiger partial charge in [0.1, 0.15) is 5.69 Å². The number of carbonyl (C=O) groups excluding carboxylic acids is 3. The highest BCUT2D eigenvalue weighted by Gasteiger charge is 2.21. The van der Waals surface area contributed by atoms with Crippen LogP contribution in [0.25, 0.3) is 0 Å². The number of anilines is 1. The molecule has 0 bridgehead atoms. The SMILES string of the molecule is CC(OC(=O)CCNC(=O)Cc1ccccc1)C(=O)Nc1ccccc1[N+](=O)[O-]. The van der Waals surface area contributed by atoms with Crippen molar-refractivity contribution in [1.29, 1.82) is 0 Å². The third-order valence-corrected chi connectivity index (χ3v) is 3.89. The van der Waals surface area contributed by atoms with Crippen molar-refractivity contribution in [3.63, 3.8) is 0 Å². The van der Waals surface area contributed by atoms with Crippen LogP contribution in [0.5, 0.6) is 0 Å². The van der Waals surface area contributed by atoms with Gasteiger partial charge in [-0.05, 0) is 18.6 Å². The molecule has 0 aliphatic carbocycles. The second-order valence-corrected chi connectivity index (χ2v) is 6.16. The van der Waals surface area contributed by atoms with Crippen LogP contribution in [-0.4, -0.2) is 35.4 Å². The van der Waals surface area contributed by atoms with Crippen LogP contribution in [0.15, 0.2) is 54.6 Å². The van der Waals surface area contributed by atoms with E-state index in [0.29, 0.717) is 0 Å². The lowest BCUT2D eigenvalue weighted by Gasteiger charge is -2.14. The molecule has 2 N–H and O–H groups in total. The Bertz CT molecular complexity index is 885. The summed E-state index contributed by atoms with van der Waals surface area (Å²) < 4.78 is 5.01. The molecule has 0 saturated heterocycles. The van der Waals surface area contributed by atoms with Crippen LogP contribution >= 0.6 is 0 Å². The molecular formula is C20H21N3O6. The van der Waals surface area contributed by atoms with Crippen molar-refractivity contribution in [3.05, 3.63) is 70.3 Å². The predicted octanol–water partition coefficient (Wildman–Crippen LogP) is 2.21. The summed E-state index contributed by atoms with van der Waals surface area (Å²) in [4.78, 5) is 46.2. The van der Waals surface area contributed by atoms with Crippen LogP contribution in [-0.2, 0) is 25.5 Å². The summed E-state index contributed by atoms with van der Waals surface area (Å²) >= 11 is 0. The Balaban J connectivity index is 1.75. The first-order valence-corrected chi connectivity index (χ1v) is 8.91. The van der Waals surface area contributed by atoms with Crippen LogP contribution in [0.2, 0.25) is 0 Å². The number of nitrogens with one attached hydrogen (secondary N) is 2. The molecule has 0 saturated carbocycles. The summed E-state index contributed by atoms with van der Waals surface area (Å²) in [5, 5.41) is 16.0. The number of nitrogens with zero attached hydrogens (tertiary/aromatic N) is 1. The van der Waals surface area contributed by atoms with Crippen LogP contribution in [0.1, 0.15) is 18.9 Å². The summed E-state index contributed by atoms with van der Waals surface area (Å²) in [6.07, 6.45) is -1.06. The minimum Gasteiger partial charge on any atom is -0.452 e. The van der Waals surface area contributed by atoms with Crippen molar-refractivity contribution in [1.82, 2.24) is 5.32 Å². The highest BCUT2D eigenvalue weighted by atomic mass is 16.6. The van der Waals surface area contributed by atoms with Crippen molar-refractivity contribution in [3.8, 4) is 0 Å². The summed E-state index contributed by atoms with van der Waals surface area (Å²) in [5.41, 5.74) is 0.604. The summed E-state index contributed by atoms with van der Waals surface area (Å²) in [6, 6.07) is 14.8. The molecular weight excluding hydrogens is 378 g/mol. The maximum Gasteiger partial charge on any atom is 0.308 e. The lowest BCUT2D eigenvalue weighted by atomic mass is 10.1. The molecule has 1 unspecified atom stereocenters. The Morgan fingerprint density at radius 2 is 1.72 bits per heavy atom. The highest BCUT2D eigenvalue weighted by molar-refractivity contribution is 5.96. The maximum absolute atomic E-state index is 12.1. The van der Waals surface area contributed by atoms with E-state index in [9.17, 15) is 24.5 Å². The molecule has 9 nitrogen and oxygen atoms in total. The van der Waals surface area contributed by atoms with Crippen molar-refractivity contribution < 1.29 is 24.0 Å². The molecule has 0 heterocycles. The Hall–Kier alpha value is -3.75. The fourth-order valence-corrected chi connectivity index (χ4v) is 2.43. The zero-order valence-electron chi connectivity index (χ0n) is 15.8. The molecule has 2 aromatic rings. The molecule has 0 aliphatic rings. The van der Waals surface area contributed by atoms with E-state index >= 15 is 0 Å². The van der Waals surface area contributed by atoms with E-state index in [2.05, 4.69) is 10.6 Å². The van der Waals surface area contributed by atoms with Crippen LogP contribution in [0.4, 0.5) is 11.4 Å². The zero-order chi connectivity index (χ0) is 21.2. The number of nitro benzene ring substituents is 1. The largest absolute Gasteiger partial charge is 0.452 e. The third kappa shape index (κ3) is 7.06. The number of para-hydroxylation sites is 2. The summed E-state index contributed by atoms with van der Waals surface area (Å²) in [6.45, 7) is 1.43. The number of rotatable bonds is 9. The molecule has 29 heavy (non-hydrogen) atoms. The van der Waals surface area contributed by atoms with Crippen LogP contribution in [0, 0.1) is 10.1 Å². The van der Waals surface area contributed by atoms with Gasteiger partial charge >= 0.3 is 5.97 Å². The van der Waals surface area contributed by atoms with Gasteiger partial charge in [0, 0.05) is 12.6 Å².